The van der Waals surface area contributed by atoms with E-state index in [4.69, 9.17) is 9.47 Å². The minimum Gasteiger partial charge on any atom is -0.490 e. The van der Waals surface area contributed by atoms with Gasteiger partial charge in [0.2, 0.25) is 15.9 Å². The van der Waals surface area contributed by atoms with E-state index in [9.17, 15) is 18.0 Å². The molecule has 2 fully saturated rings. The van der Waals surface area contributed by atoms with E-state index in [1.165, 1.54) is 25.0 Å². The van der Waals surface area contributed by atoms with Crippen LogP contribution in [-0.2, 0) is 19.6 Å². The molecule has 0 bridgehead atoms. The third-order valence-corrected chi connectivity index (χ3v) is 7.27. The van der Waals surface area contributed by atoms with E-state index in [-0.39, 0.29) is 12.0 Å². The second-order valence-electron chi connectivity index (χ2n) is 8.82. The molecule has 2 amide bonds. The summed E-state index contributed by atoms with van der Waals surface area (Å²) in [5.41, 5.74) is 1.31. The maximum atomic E-state index is 12.7. The zero-order valence-corrected chi connectivity index (χ0v) is 20.6. The fraction of sp³-hybridized carbons (Fsp3) is 0.440. The first-order valence-electron chi connectivity index (χ1n) is 11.8. The first kappa shape index (κ1) is 25.0. The van der Waals surface area contributed by atoms with Crippen LogP contribution >= 0.6 is 0 Å². The lowest BCUT2D eigenvalue weighted by Crippen LogP contribution is -2.40. The molecule has 0 radical (unpaired) electrons. The molecule has 9 nitrogen and oxygen atoms in total. The van der Waals surface area contributed by atoms with Crippen molar-refractivity contribution in [2.45, 2.75) is 31.8 Å². The van der Waals surface area contributed by atoms with Gasteiger partial charge in [-0.3, -0.25) is 13.9 Å². The number of sulfonamides is 1. The molecule has 1 heterocycles. The molecule has 2 aromatic rings. The van der Waals surface area contributed by atoms with Gasteiger partial charge in [0.25, 0.3) is 5.91 Å². The summed E-state index contributed by atoms with van der Waals surface area (Å²) in [6.07, 6.45) is 5.77. The van der Waals surface area contributed by atoms with Crippen LogP contribution in [-0.4, -0.2) is 70.3 Å². The van der Waals surface area contributed by atoms with E-state index >= 15 is 0 Å². The third kappa shape index (κ3) is 6.73. The van der Waals surface area contributed by atoms with Crippen molar-refractivity contribution in [1.29, 1.82) is 0 Å². The smallest absolute Gasteiger partial charge is 0.254 e. The lowest BCUT2D eigenvalue weighted by atomic mass is 10.1. The van der Waals surface area contributed by atoms with Gasteiger partial charge in [-0.05, 0) is 74.2 Å². The van der Waals surface area contributed by atoms with Gasteiger partial charge in [-0.1, -0.05) is 0 Å². The fourth-order valence-electron chi connectivity index (χ4n) is 4.27. The number of rotatable bonds is 8. The monoisotopic (exact) mass is 501 g/mol. The summed E-state index contributed by atoms with van der Waals surface area (Å²) in [6, 6.07) is 13.3. The molecular weight excluding hydrogens is 470 g/mol. The molecule has 4 rings (SSSR count). The number of amides is 2. The van der Waals surface area contributed by atoms with Crippen molar-refractivity contribution in [1.82, 2.24) is 4.90 Å². The number of ether oxygens (including phenoxy) is 2. The molecule has 35 heavy (non-hydrogen) atoms. The number of hydrogen-bond donors (Lipinski definition) is 1. The van der Waals surface area contributed by atoms with Crippen molar-refractivity contribution < 1.29 is 27.5 Å². The zero-order chi connectivity index (χ0) is 24.8. The summed E-state index contributed by atoms with van der Waals surface area (Å²) in [7, 11) is -3.74. The highest BCUT2D eigenvalue weighted by atomic mass is 32.2. The Kier molecular flexibility index (Phi) is 7.92. The Hall–Kier alpha value is -3.11. The van der Waals surface area contributed by atoms with Gasteiger partial charge in [-0.25, -0.2) is 8.42 Å². The highest BCUT2D eigenvalue weighted by Crippen LogP contribution is 2.25. The van der Waals surface area contributed by atoms with E-state index in [1.54, 1.807) is 41.3 Å². The van der Waals surface area contributed by atoms with Gasteiger partial charge in [0.1, 0.15) is 12.3 Å². The highest BCUT2D eigenvalue weighted by molar-refractivity contribution is 7.92. The molecule has 0 aromatic heterocycles. The maximum absolute atomic E-state index is 12.7. The average Bonchev–Trinajstić information content (AvgIpc) is 3.36. The van der Waals surface area contributed by atoms with E-state index < -0.39 is 22.5 Å². The molecule has 2 aliphatic rings. The third-order valence-electron chi connectivity index (χ3n) is 6.13. The van der Waals surface area contributed by atoms with Crippen LogP contribution in [0.1, 0.15) is 36.0 Å². The quantitative estimate of drug-likeness (QED) is 0.596. The summed E-state index contributed by atoms with van der Waals surface area (Å²) in [4.78, 5) is 27.0. The number of carbonyl (C=O) groups is 2. The second-order valence-corrected chi connectivity index (χ2v) is 10.7. The summed E-state index contributed by atoms with van der Waals surface area (Å²) in [5.74, 6) is 0.136. The molecule has 0 spiro atoms. The minimum atomic E-state index is -3.74. The number of morpholine rings is 1. The van der Waals surface area contributed by atoms with Crippen LogP contribution in [0.2, 0.25) is 0 Å². The van der Waals surface area contributed by atoms with Crippen molar-refractivity contribution in [3.63, 3.8) is 0 Å². The number of nitrogens with zero attached hydrogens (tertiary/aromatic N) is 2. The number of nitrogens with one attached hydrogen (secondary N) is 1. The Morgan fingerprint density at radius 3 is 2.26 bits per heavy atom. The molecule has 0 atom stereocenters. The van der Waals surface area contributed by atoms with Crippen LogP contribution in [0.5, 0.6) is 5.75 Å². The molecular formula is C25H31N3O6S. The Balaban J connectivity index is 1.38. The number of carbonyl (C=O) groups excluding carboxylic acids is 2. The largest absolute Gasteiger partial charge is 0.490 e. The van der Waals surface area contributed by atoms with Gasteiger partial charge in [0, 0.05) is 24.3 Å². The van der Waals surface area contributed by atoms with E-state index in [2.05, 4.69) is 5.32 Å². The summed E-state index contributed by atoms with van der Waals surface area (Å²) < 4.78 is 37.1. The number of benzene rings is 2. The molecule has 1 aliphatic carbocycles. The summed E-state index contributed by atoms with van der Waals surface area (Å²) >= 11 is 0. The molecule has 0 unspecified atom stereocenters. The van der Waals surface area contributed by atoms with Gasteiger partial charge < -0.3 is 19.7 Å². The van der Waals surface area contributed by atoms with Gasteiger partial charge in [-0.15, -0.1) is 0 Å². The van der Waals surface area contributed by atoms with Crippen molar-refractivity contribution in [2.24, 2.45) is 0 Å². The first-order chi connectivity index (χ1) is 16.8. The topological polar surface area (TPSA) is 105 Å². The Bertz CT molecular complexity index is 1120. The Morgan fingerprint density at radius 1 is 1.03 bits per heavy atom. The molecule has 2 aromatic carbocycles. The first-order valence-corrected chi connectivity index (χ1v) is 13.7. The van der Waals surface area contributed by atoms with Crippen LogP contribution in [0.15, 0.2) is 48.5 Å². The average molecular weight is 502 g/mol. The van der Waals surface area contributed by atoms with Crippen LogP contribution in [0.25, 0.3) is 0 Å². The predicted octanol–water partition coefficient (Wildman–Crippen LogP) is 2.89. The predicted molar refractivity (Wildman–Crippen MR) is 133 cm³/mol. The van der Waals surface area contributed by atoms with E-state index in [1.807, 2.05) is 0 Å². The molecule has 1 N–H and O–H groups in total. The molecule has 1 aliphatic heterocycles. The Labute approximate surface area is 206 Å². The van der Waals surface area contributed by atoms with Crippen molar-refractivity contribution in [2.75, 3.05) is 48.7 Å². The molecule has 10 heteroatoms. The Morgan fingerprint density at radius 2 is 1.66 bits per heavy atom. The zero-order valence-electron chi connectivity index (χ0n) is 19.8. The van der Waals surface area contributed by atoms with Crippen LogP contribution in [0.4, 0.5) is 11.4 Å². The van der Waals surface area contributed by atoms with Gasteiger partial charge in [-0.2, -0.15) is 0 Å². The van der Waals surface area contributed by atoms with Gasteiger partial charge in [0.15, 0.2) is 0 Å². The normalized spacial score (nSPS) is 16.7. The number of anilines is 2. The summed E-state index contributed by atoms with van der Waals surface area (Å²) in [5, 5.41) is 2.73. The SMILES string of the molecule is CS(=O)(=O)N(CC(=O)Nc1ccc(OC2CCCC2)cc1)c1ccc(C(=O)N2CCOCC2)cc1. The van der Waals surface area contributed by atoms with Crippen LogP contribution in [0.3, 0.4) is 0 Å². The lowest BCUT2D eigenvalue weighted by molar-refractivity contribution is -0.114. The lowest BCUT2D eigenvalue weighted by Gasteiger charge is -2.27. The van der Waals surface area contributed by atoms with Crippen molar-refractivity contribution in [3.05, 3.63) is 54.1 Å². The second kappa shape index (κ2) is 11.1. The maximum Gasteiger partial charge on any atom is 0.254 e. The van der Waals surface area contributed by atoms with Crippen molar-refractivity contribution >= 4 is 33.2 Å². The highest BCUT2D eigenvalue weighted by Gasteiger charge is 2.23. The van der Waals surface area contributed by atoms with E-state index in [0.29, 0.717) is 43.2 Å². The standard InChI is InChI=1S/C25H31N3O6S/c1-35(31,32)28(21-10-6-19(7-11-21)25(30)27-14-16-33-17-15-27)18-24(29)26-20-8-12-23(13-9-20)34-22-4-2-3-5-22/h6-13,22H,2-5,14-18H2,1H3,(H,26,29). The van der Waals surface area contributed by atoms with Crippen molar-refractivity contribution in [3.8, 4) is 5.75 Å². The van der Waals surface area contributed by atoms with Gasteiger partial charge in [0.05, 0.1) is 31.3 Å². The molecule has 1 saturated heterocycles. The molecule has 188 valence electrons. The van der Waals surface area contributed by atoms with Crippen LogP contribution in [0, 0.1) is 0 Å². The molecule has 1 saturated carbocycles. The fourth-order valence-corrected chi connectivity index (χ4v) is 5.12. The van der Waals surface area contributed by atoms with Gasteiger partial charge >= 0.3 is 0 Å². The summed E-state index contributed by atoms with van der Waals surface area (Å²) in [6.45, 7) is 1.64. The van der Waals surface area contributed by atoms with Crippen LogP contribution < -0.4 is 14.4 Å². The van der Waals surface area contributed by atoms with E-state index in [0.717, 1.165) is 29.2 Å². The number of hydrogen-bond acceptors (Lipinski definition) is 6. The minimum absolute atomic E-state index is 0.135.